The zero-order chi connectivity index (χ0) is 16.4. The minimum atomic E-state index is -0.377. The average Bonchev–Trinajstić information content (AvgIpc) is 2.84. The van der Waals surface area contributed by atoms with Crippen LogP contribution in [0.25, 0.3) is 0 Å². The molecule has 0 aromatic heterocycles. The molecule has 1 aromatic rings. The van der Waals surface area contributed by atoms with Crippen LogP contribution in [0.1, 0.15) is 37.0 Å². The van der Waals surface area contributed by atoms with Gasteiger partial charge in [-0.05, 0) is 43.9 Å². The predicted octanol–water partition coefficient (Wildman–Crippen LogP) is 4.17. The molecule has 1 unspecified atom stereocenters. The van der Waals surface area contributed by atoms with E-state index in [0.29, 0.717) is 11.6 Å². The number of urea groups is 1. The van der Waals surface area contributed by atoms with E-state index < -0.39 is 0 Å². The molecule has 2 heterocycles. The van der Waals surface area contributed by atoms with Crippen molar-refractivity contribution in [3.05, 3.63) is 34.9 Å². The molecule has 1 N–H and O–H groups in total. The number of thioether (sulfide) groups is 1. The minimum absolute atomic E-state index is 0.0854. The molecule has 0 saturated carbocycles. The zero-order valence-electron chi connectivity index (χ0n) is 12.8. The van der Waals surface area contributed by atoms with Crippen molar-refractivity contribution in [2.75, 3.05) is 6.61 Å². The molecule has 0 bridgehead atoms. The van der Waals surface area contributed by atoms with Crippen LogP contribution in [0.3, 0.4) is 0 Å². The van der Waals surface area contributed by atoms with E-state index in [0.717, 1.165) is 24.8 Å². The summed E-state index contributed by atoms with van der Waals surface area (Å²) in [5.41, 5.74) is 0.990. The standard InChI is InChI=1S/C16H19ClN2O3S/c1-10-14(11-5-7-12(17)8-6-11)23-16(21)19(10)15(20)18-13-4-2-3-9-22-13/h5-8,10,13-14H,2-4,9H2,1H3,(H,18,20)/t10-,13?,14+/m1/s1. The molecule has 3 rings (SSSR count). The minimum Gasteiger partial charge on any atom is -0.358 e. The number of nitrogens with one attached hydrogen (secondary N) is 1. The van der Waals surface area contributed by atoms with Crippen LogP contribution < -0.4 is 5.32 Å². The van der Waals surface area contributed by atoms with Crippen molar-refractivity contribution in [1.29, 1.82) is 0 Å². The summed E-state index contributed by atoms with van der Waals surface area (Å²) in [6.07, 6.45) is 2.53. The second kappa shape index (κ2) is 7.11. The van der Waals surface area contributed by atoms with Crippen LogP contribution >= 0.6 is 23.4 Å². The Balaban J connectivity index is 1.69. The summed E-state index contributed by atoms with van der Waals surface area (Å²) >= 11 is 7.08. The van der Waals surface area contributed by atoms with Crippen molar-refractivity contribution in [3.8, 4) is 0 Å². The van der Waals surface area contributed by atoms with Crippen LogP contribution in [0.4, 0.5) is 9.59 Å². The predicted molar refractivity (Wildman–Crippen MR) is 90.6 cm³/mol. The number of hydrogen-bond donors (Lipinski definition) is 1. The first-order chi connectivity index (χ1) is 11.1. The third-order valence-electron chi connectivity index (χ3n) is 4.15. The number of hydrogen-bond acceptors (Lipinski definition) is 4. The summed E-state index contributed by atoms with van der Waals surface area (Å²) in [4.78, 5) is 26.0. The molecule has 0 radical (unpaired) electrons. The highest BCUT2D eigenvalue weighted by molar-refractivity contribution is 8.14. The SMILES string of the molecule is C[C@@H]1[C@@H](c2ccc(Cl)cc2)SC(=O)N1C(=O)NC1CCCCO1. The highest BCUT2D eigenvalue weighted by Crippen LogP contribution is 2.43. The number of halogens is 1. The van der Waals surface area contributed by atoms with Crippen LogP contribution in [0, 0.1) is 0 Å². The molecule has 3 amide bonds. The molecule has 1 aromatic carbocycles. The summed E-state index contributed by atoms with van der Waals surface area (Å²) in [5.74, 6) is 0. The Bertz CT molecular complexity index is 589. The summed E-state index contributed by atoms with van der Waals surface area (Å²) in [6.45, 7) is 2.54. The number of carbonyl (C=O) groups is 2. The summed E-state index contributed by atoms with van der Waals surface area (Å²) in [7, 11) is 0. The Morgan fingerprint density at radius 3 is 2.74 bits per heavy atom. The number of imide groups is 1. The second-order valence-corrected chi connectivity index (χ2v) is 7.30. The van der Waals surface area contributed by atoms with Crippen LogP contribution in [0.2, 0.25) is 5.02 Å². The molecule has 2 aliphatic rings. The lowest BCUT2D eigenvalue weighted by atomic mass is 10.1. The smallest absolute Gasteiger partial charge is 0.327 e. The quantitative estimate of drug-likeness (QED) is 0.865. The van der Waals surface area contributed by atoms with Gasteiger partial charge in [0, 0.05) is 11.6 Å². The van der Waals surface area contributed by atoms with Gasteiger partial charge in [0.15, 0.2) is 0 Å². The first-order valence-corrected chi connectivity index (χ1v) is 8.99. The van der Waals surface area contributed by atoms with Gasteiger partial charge in [-0.2, -0.15) is 0 Å². The average molecular weight is 355 g/mol. The largest absolute Gasteiger partial charge is 0.358 e. The van der Waals surface area contributed by atoms with Crippen molar-refractivity contribution in [3.63, 3.8) is 0 Å². The van der Waals surface area contributed by atoms with Gasteiger partial charge in [0.05, 0.1) is 11.3 Å². The van der Waals surface area contributed by atoms with Gasteiger partial charge in [0.2, 0.25) is 0 Å². The van der Waals surface area contributed by atoms with Crippen LogP contribution in [-0.4, -0.2) is 35.0 Å². The Hall–Kier alpha value is -1.24. The zero-order valence-corrected chi connectivity index (χ0v) is 14.4. The lowest BCUT2D eigenvalue weighted by molar-refractivity contribution is 0.00000419. The number of amides is 3. The molecule has 0 aliphatic carbocycles. The third-order valence-corrected chi connectivity index (χ3v) is 5.72. The Kier molecular flexibility index (Phi) is 5.14. The van der Waals surface area contributed by atoms with Crippen molar-refractivity contribution in [2.45, 2.75) is 43.7 Å². The molecular formula is C16H19ClN2O3S. The van der Waals surface area contributed by atoms with Gasteiger partial charge in [0.25, 0.3) is 5.24 Å². The van der Waals surface area contributed by atoms with E-state index in [1.807, 2.05) is 19.1 Å². The van der Waals surface area contributed by atoms with Crippen LogP contribution in [0.15, 0.2) is 24.3 Å². The van der Waals surface area contributed by atoms with Gasteiger partial charge in [-0.3, -0.25) is 9.69 Å². The highest BCUT2D eigenvalue weighted by Gasteiger charge is 2.42. The van der Waals surface area contributed by atoms with Crippen molar-refractivity contribution < 1.29 is 14.3 Å². The molecule has 124 valence electrons. The first kappa shape index (κ1) is 16.6. The van der Waals surface area contributed by atoms with E-state index in [-0.39, 0.29) is 28.8 Å². The van der Waals surface area contributed by atoms with Gasteiger partial charge in [0.1, 0.15) is 6.23 Å². The maximum atomic E-state index is 12.4. The van der Waals surface area contributed by atoms with Gasteiger partial charge in [-0.1, -0.05) is 35.5 Å². The molecule has 23 heavy (non-hydrogen) atoms. The lowest BCUT2D eigenvalue weighted by Crippen LogP contribution is -2.49. The number of benzene rings is 1. The van der Waals surface area contributed by atoms with Crippen LogP contribution in [-0.2, 0) is 4.74 Å². The van der Waals surface area contributed by atoms with Crippen molar-refractivity contribution in [2.24, 2.45) is 0 Å². The van der Waals surface area contributed by atoms with Gasteiger partial charge in [-0.15, -0.1) is 0 Å². The Labute approximate surface area is 144 Å². The van der Waals surface area contributed by atoms with E-state index in [2.05, 4.69) is 5.32 Å². The molecular weight excluding hydrogens is 336 g/mol. The van der Waals surface area contributed by atoms with Crippen LogP contribution in [0.5, 0.6) is 0 Å². The molecule has 2 fully saturated rings. The number of carbonyl (C=O) groups excluding carboxylic acids is 2. The fraction of sp³-hybridized carbons (Fsp3) is 0.500. The topological polar surface area (TPSA) is 58.6 Å². The fourth-order valence-electron chi connectivity index (χ4n) is 2.89. The molecule has 5 nitrogen and oxygen atoms in total. The molecule has 0 spiro atoms. The maximum absolute atomic E-state index is 12.4. The number of rotatable bonds is 2. The molecule has 2 saturated heterocycles. The number of nitrogens with zero attached hydrogens (tertiary/aromatic N) is 1. The van der Waals surface area contributed by atoms with Crippen molar-refractivity contribution >= 4 is 34.6 Å². The maximum Gasteiger partial charge on any atom is 0.327 e. The van der Waals surface area contributed by atoms with Gasteiger partial charge in [-0.25, -0.2) is 4.79 Å². The summed E-state index contributed by atoms with van der Waals surface area (Å²) in [5, 5.41) is 3.15. The molecule has 7 heteroatoms. The Morgan fingerprint density at radius 2 is 2.09 bits per heavy atom. The monoisotopic (exact) mass is 354 g/mol. The van der Waals surface area contributed by atoms with Gasteiger partial charge >= 0.3 is 6.03 Å². The summed E-state index contributed by atoms with van der Waals surface area (Å²) < 4.78 is 5.51. The fourth-order valence-corrected chi connectivity index (χ4v) is 4.21. The third kappa shape index (κ3) is 3.65. The second-order valence-electron chi connectivity index (χ2n) is 5.77. The van der Waals surface area contributed by atoms with E-state index in [1.165, 1.54) is 16.7 Å². The highest BCUT2D eigenvalue weighted by atomic mass is 35.5. The first-order valence-electron chi connectivity index (χ1n) is 7.73. The van der Waals surface area contributed by atoms with E-state index in [9.17, 15) is 9.59 Å². The molecule has 3 atom stereocenters. The normalized spacial score (nSPS) is 28.0. The van der Waals surface area contributed by atoms with Gasteiger partial charge < -0.3 is 10.1 Å². The van der Waals surface area contributed by atoms with Crippen molar-refractivity contribution in [1.82, 2.24) is 10.2 Å². The molecule has 2 aliphatic heterocycles. The Morgan fingerprint density at radius 1 is 1.35 bits per heavy atom. The lowest BCUT2D eigenvalue weighted by Gasteiger charge is -2.27. The van der Waals surface area contributed by atoms with E-state index >= 15 is 0 Å². The van der Waals surface area contributed by atoms with E-state index in [4.69, 9.17) is 16.3 Å². The van der Waals surface area contributed by atoms with E-state index in [1.54, 1.807) is 12.1 Å². The number of ether oxygens (including phenoxy) is 1. The summed E-state index contributed by atoms with van der Waals surface area (Å²) in [6, 6.07) is 6.79.